The highest BCUT2D eigenvalue weighted by Gasteiger charge is 2.05. The smallest absolute Gasteiger partial charge is 0.146 e. The first kappa shape index (κ1) is 12.1. The largest absolute Gasteiger partial charge is 0.508 e. The summed E-state index contributed by atoms with van der Waals surface area (Å²) in [5.41, 5.74) is 0.743. The molecule has 2 aromatic carbocycles. The molecule has 3 rings (SSSR count). The maximum Gasteiger partial charge on any atom is 0.146 e. The van der Waals surface area contributed by atoms with E-state index in [0.29, 0.717) is 6.61 Å². The van der Waals surface area contributed by atoms with Gasteiger partial charge in [0.1, 0.15) is 29.4 Å². The predicted molar refractivity (Wildman–Crippen MR) is 76.4 cm³/mol. The fourth-order valence-corrected chi connectivity index (χ4v) is 2.11. The van der Waals surface area contributed by atoms with Gasteiger partial charge in [-0.15, -0.1) is 0 Å². The number of benzene rings is 2. The van der Waals surface area contributed by atoms with Crippen LogP contribution in [-0.4, -0.2) is 5.11 Å². The molecule has 4 heteroatoms. The fraction of sp³-hybridized carbons (Fsp3) is 0.0667. The minimum absolute atomic E-state index is 0.230. The van der Waals surface area contributed by atoms with Crippen LogP contribution in [0.2, 0.25) is 0 Å². The standard InChI is InChI=1S/C15H11BrO3/c16-11-1-4-13(5-2-11)18-9-14-8-10-7-12(17)3-6-15(10)19-14/h1-8,17H,9H2. The van der Waals surface area contributed by atoms with Crippen molar-refractivity contribution in [2.45, 2.75) is 6.61 Å². The van der Waals surface area contributed by atoms with Gasteiger partial charge in [0.25, 0.3) is 0 Å². The van der Waals surface area contributed by atoms with Gasteiger partial charge in [-0.05, 0) is 48.5 Å². The second-order valence-corrected chi connectivity index (χ2v) is 5.09. The molecule has 0 radical (unpaired) electrons. The molecule has 0 unspecified atom stereocenters. The maximum absolute atomic E-state index is 9.40. The summed E-state index contributed by atoms with van der Waals surface area (Å²) in [6.07, 6.45) is 0. The molecule has 0 saturated carbocycles. The average molecular weight is 319 g/mol. The van der Waals surface area contributed by atoms with E-state index in [-0.39, 0.29) is 5.75 Å². The lowest BCUT2D eigenvalue weighted by Crippen LogP contribution is -1.92. The molecule has 0 spiro atoms. The Labute approximate surface area is 118 Å². The minimum atomic E-state index is 0.230. The van der Waals surface area contributed by atoms with E-state index in [1.54, 1.807) is 18.2 Å². The molecule has 1 aromatic heterocycles. The van der Waals surface area contributed by atoms with Crippen molar-refractivity contribution < 1.29 is 14.3 Å². The third kappa shape index (κ3) is 2.74. The highest BCUT2D eigenvalue weighted by Crippen LogP contribution is 2.24. The molecule has 0 atom stereocenters. The summed E-state index contributed by atoms with van der Waals surface area (Å²) >= 11 is 3.37. The maximum atomic E-state index is 9.40. The van der Waals surface area contributed by atoms with Crippen molar-refractivity contribution in [3.8, 4) is 11.5 Å². The van der Waals surface area contributed by atoms with Crippen LogP contribution in [0.3, 0.4) is 0 Å². The van der Waals surface area contributed by atoms with Crippen molar-refractivity contribution in [1.82, 2.24) is 0 Å². The second kappa shape index (κ2) is 4.97. The number of phenolic OH excluding ortho intramolecular Hbond substituents is 1. The molecule has 96 valence electrons. The fourth-order valence-electron chi connectivity index (χ4n) is 1.84. The van der Waals surface area contributed by atoms with Crippen molar-refractivity contribution in [3.63, 3.8) is 0 Å². The lowest BCUT2D eigenvalue weighted by atomic mass is 10.2. The molecular formula is C15H11BrO3. The van der Waals surface area contributed by atoms with Crippen LogP contribution >= 0.6 is 15.9 Å². The number of fused-ring (bicyclic) bond motifs is 1. The van der Waals surface area contributed by atoms with Crippen LogP contribution in [0.25, 0.3) is 11.0 Å². The molecule has 0 amide bonds. The highest BCUT2D eigenvalue weighted by molar-refractivity contribution is 9.10. The number of aromatic hydroxyl groups is 1. The molecule has 3 aromatic rings. The Balaban J connectivity index is 1.76. The highest BCUT2D eigenvalue weighted by atomic mass is 79.9. The Kier molecular flexibility index (Phi) is 3.17. The molecule has 19 heavy (non-hydrogen) atoms. The first-order chi connectivity index (χ1) is 9.20. The molecule has 1 heterocycles. The van der Waals surface area contributed by atoms with Gasteiger partial charge in [-0.1, -0.05) is 15.9 Å². The summed E-state index contributed by atoms with van der Waals surface area (Å²) < 4.78 is 12.3. The quantitative estimate of drug-likeness (QED) is 0.774. The summed E-state index contributed by atoms with van der Waals surface area (Å²) in [5, 5.41) is 10.3. The lowest BCUT2D eigenvalue weighted by molar-refractivity contribution is 0.274. The Morgan fingerprint density at radius 3 is 2.63 bits per heavy atom. The van der Waals surface area contributed by atoms with E-state index in [1.807, 2.05) is 30.3 Å². The Bertz CT molecular complexity index is 701. The molecule has 0 aliphatic heterocycles. The normalized spacial score (nSPS) is 10.8. The van der Waals surface area contributed by atoms with E-state index in [4.69, 9.17) is 9.15 Å². The Morgan fingerprint density at radius 1 is 1.05 bits per heavy atom. The van der Waals surface area contributed by atoms with E-state index in [0.717, 1.165) is 27.0 Å². The molecule has 0 fully saturated rings. The topological polar surface area (TPSA) is 42.6 Å². The van der Waals surface area contributed by atoms with Crippen LogP contribution in [0.4, 0.5) is 0 Å². The van der Waals surface area contributed by atoms with Crippen LogP contribution in [-0.2, 0) is 6.61 Å². The average Bonchev–Trinajstić information content (AvgIpc) is 2.80. The first-order valence-corrected chi connectivity index (χ1v) is 6.60. The zero-order valence-electron chi connectivity index (χ0n) is 9.97. The van der Waals surface area contributed by atoms with Gasteiger partial charge in [-0.2, -0.15) is 0 Å². The van der Waals surface area contributed by atoms with Gasteiger partial charge < -0.3 is 14.3 Å². The van der Waals surface area contributed by atoms with E-state index in [1.165, 1.54) is 0 Å². The monoisotopic (exact) mass is 318 g/mol. The zero-order chi connectivity index (χ0) is 13.2. The predicted octanol–water partition coefficient (Wildman–Crippen LogP) is 4.48. The van der Waals surface area contributed by atoms with Crippen LogP contribution in [0.1, 0.15) is 5.76 Å². The summed E-state index contributed by atoms with van der Waals surface area (Å²) in [6.45, 7) is 0.358. The zero-order valence-corrected chi connectivity index (χ0v) is 11.6. The minimum Gasteiger partial charge on any atom is -0.508 e. The van der Waals surface area contributed by atoms with E-state index >= 15 is 0 Å². The van der Waals surface area contributed by atoms with Crippen LogP contribution < -0.4 is 4.74 Å². The Hall–Kier alpha value is -1.94. The summed E-state index contributed by atoms with van der Waals surface area (Å²) in [4.78, 5) is 0. The van der Waals surface area contributed by atoms with Crippen molar-refractivity contribution in [2.75, 3.05) is 0 Å². The lowest BCUT2D eigenvalue weighted by Gasteiger charge is -2.03. The van der Waals surface area contributed by atoms with Crippen molar-refractivity contribution in [2.24, 2.45) is 0 Å². The number of furan rings is 1. The number of phenols is 1. The van der Waals surface area contributed by atoms with Gasteiger partial charge in [0.15, 0.2) is 0 Å². The molecule has 0 aliphatic carbocycles. The summed E-state index contributed by atoms with van der Waals surface area (Å²) in [5.74, 6) is 1.74. The second-order valence-electron chi connectivity index (χ2n) is 4.18. The first-order valence-electron chi connectivity index (χ1n) is 5.80. The SMILES string of the molecule is Oc1ccc2oc(COc3ccc(Br)cc3)cc2c1. The van der Waals surface area contributed by atoms with Gasteiger partial charge in [0.05, 0.1) is 0 Å². The summed E-state index contributed by atoms with van der Waals surface area (Å²) in [7, 11) is 0. The molecular weight excluding hydrogens is 308 g/mol. The van der Waals surface area contributed by atoms with Gasteiger partial charge >= 0.3 is 0 Å². The van der Waals surface area contributed by atoms with Crippen molar-refractivity contribution >= 4 is 26.9 Å². The van der Waals surface area contributed by atoms with Crippen LogP contribution in [0.15, 0.2) is 57.4 Å². The number of hydrogen-bond donors (Lipinski definition) is 1. The molecule has 0 bridgehead atoms. The van der Waals surface area contributed by atoms with Gasteiger partial charge in [-0.25, -0.2) is 0 Å². The third-order valence-corrected chi connectivity index (χ3v) is 3.27. The third-order valence-electron chi connectivity index (χ3n) is 2.75. The number of ether oxygens (including phenoxy) is 1. The van der Waals surface area contributed by atoms with Crippen LogP contribution in [0, 0.1) is 0 Å². The van der Waals surface area contributed by atoms with E-state index < -0.39 is 0 Å². The van der Waals surface area contributed by atoms with Gasteiger partial charge in [-0.3, -0.25) is 0 Å². The van der Waals surface area contributed by atoms with E-state index in [2.05, 4.69) is 15.9 Å². The molecule has 0 saturated heterocycles. The molecule has 3 nitrogen and oxygen atoms in total. The van der Waals surface area contributed by atoms with Crippen molar-refractivity contribution in [1.29, 1.82) is 0 Å². The molecule has 0 aliphatic rings. The molecule has 1 N–H and O–H groups in total. The van der Waals surface area contributed by atoms with Crippen LogP contribution in [0.5, 0.6) is 11.5 Å². The Morgan fingerprint density at radius 2 is 1.84 bits per heavy atom. The number of rotatable bonds is 3. The summed E-state index contributed by atoms with van der Waals surface area (Å²) in [6, 6.07) is 14.5. The van der Waals surface area contributed by atoms with Gasteiger partial charge in [0.2, 0.25) is 0 Å². The number of hydrogen-bond acceptors (Lipinski definition) is 3. The van der Waals surface area contributed by atoms with Gasteiger partial charge in [0, 0.05) is 9.86 Å². The van der Waals surface area contributed by atoms with E-state index in [9.17, 15) is 5.11 Å². The van der Waals surface area contributed by atoms with Crippen molar-refractivity contribution in [3.05, 3.63) is 58.8 Å². The number of halogens is 1.